The fraction of sp³-hybridized carbons (Fsp3) is 0.278. The zero-order chi connectivity index (χ0) is 16.3. The van der Waals surface area contributed by atoms with E-state index in [1.165, 1.54) is 0 Å². The highest BCUT2D eigenvalue weighted by Crippen LogP contribution is 2.30. The molecular weight excluding hydrogens is 310 g/mol. The van der Waals surface area contributed by atoms with Gasteiger partial charge in [-0.2, -0.15) is 0 Å². The summed E-state index contributed by atoms with van der Waals surface area (Å²) in [5.41, 5.74) is 1.04. The fourth-order valence-corrected chi connectivity index (χ4v) is 4.83. The molecule has 0 radical (unpaired) electrons. The Kier molecular flexibility index (Phi) is 4.48. The number of amides is 1. The molecule has 1 aliphatic carbocycles. The molecule has 3 rings (SSSR count). The van der Waals surface area contributed by atoms with E-state index in [0.29, 0.717) is 11.3 Å². The second-order valence-electron chi connectivity index (χ2n) is 5.80. The Morgan fingerprint density at radius 3 is 2.35 bits per heavy atom. The van der Waals surface area contributed by atoms with Gasteiger partial charge in [0.25, 0.3) is 5.91 Å². The van der Waals surface area contributed by atoms with Crippen molar-refractivity contribution in [2.75, 3.05) is 5.32 Å². The second kappa shape index (κ2) is 6.54. The van der Waals surface area contributed by atoms with E-state index in [1.807, 2.05) is 6.07 Å². The van der Waals surface area contributed by atoms with Gasteiger partial charge in [0, 0.05) is 11.3 Å². The molecule has 23 heavy (non-hydrogen) atoms. The smallest absolute Gasteiger partial charge is 0.255 e. The summed E-state index contributed by atoms with van der Waals surface area (Å²) < 4.78 is 25.3. The fourth-order valence-electron chi connectivity index (χ4n) is 2.93. The lowest BCUT2D eigenvalue weighted by Gasteiger charge is -2.12. The molecule has 2 aromatic carbocycles. The highest BCUT2D eigenvalue weighted by molar-refractivity contribution is 7.92. The van der Waals surface area contributed by atoms with Crippen LogP contribution in [0.2, 0.25) is 0 Å². The standard InChI is InChI=1S/C18H19NO3S/c20-18(14-7-2-1-3-8-14)19-15-9-6-12-17(13-15)23(21,22)16-10-4-5-11-16/h1-3,6-9,12-13,16H,4-5,10-11H2,(H,19,20). The number of benzene rings is 2. The average Bonchev–Trinajstić information content (AvgIpc) is 3.11. The number of nitrogens with one attached hydrogen (secondary N) is 1. The zero-order valence-electron chi connectivity index (χ0n) is 12.7. The molecule has 4 nitrogen and oxygen atoms in total. The Balaban J connectivity index is 1.81. The number of hydrogen-bond acceptors (Lipinski definition) is 3. The molecule has 5 heteroatoms. The molecule has 0 bridgehead atoms. The molecule has 0 spiro atoms. The molecule has 1 aliphatic rings. The van der Waals surface area contributed by atoms with Crippen LogP contribution in [-0.4, -0.2) is 19.6 Å². The molecule has 1 amide bonds. The van der Waals surface area contributed by atoms with E-state index in [1.54, 1.807) is 48.5 Å². The van der Waals surface area contributed by atoms with Gasteiger partial charge in [0.15, 0.2) is 9.84 Å². The van der Waals surface area contributed by atoms with Gasteiger partial charge in [0.05, 0.1) is 10.1 Å². The lowest BCUT2D eigenvalue weighted by atomic mass is 10.2. The minimum Gasteiger partial charge on any atom is -0.322 e. The first kappa shape index (κ1) is 15.7. The van der Waals surface area contributed by atoms with E-state index in [-0.39, 0.29) is 16.1 Å². The Bertz CT molecular complexity index is 794. The Hall–Kier alpha value is -2.14. The monoisotopic (exact) mass is 329 g/mol. The summed E-state index contributed by atoms with van der Waals surface area (Å²) in [5.74, 6) is -0.249. The van der Waals surface area contributed by atoms with E-state index in [0.717, 1.165) is 25.7 Å². The van der Waals surface area contributed by atoms with E-state index >= 15 is 0 Å². The van der Waals surface area contributed by atoms with Crippen molar-refractivity contribution in [2.24, 2.45) is 0 Å². The minimum absolute atomic E-state index is 0.249. The van der Waals surface area contributed by atoms with Gasteiger partial charge >= 0.3 is 0 Å². The molecule has 0 saturated heterocycles. The normalized spacial score (nSPS) is 15.5. The third-order valence-corrected chi connectivity index (χ3v) is 6.46. The van der Waals surface area contributed by atoms with Crippen LogP contribution in [0.25, 0.3) is 0 Å². The van der Waals surface area contributed by atoms with Crippen molar-refractivity contribution in [3.8, 4) is 0 Å². The van der Waals surface area contributed by atoms with Crippen LogP contribution in [-0.2, 0) is 9.84 Å². The maximum atomic E-state index is 12.6. The van der Waals surface area contributed by atoms with Crippen molar-refractivity contribution in [3.63, 3.8) is 0 Å². The molecular formula is C18H19NO3S. The van der Waals surface area contributed by atoms with E-state index < -0.39 is 9.84 Å². The summed E-state index contributed by atoms with van der Waals surface area (Å²) >= 11 is 0. The number of anilines is 1. The van der Waals surface area contributed by atoms with Crippen molar-refractivity contribution in [1.82, 2.24) is 0 Å². The first-order valence-corrected chi connectivity index (χ1v) is 9.32. The summed E-state index contributed by atoms with van der Waals surface area (Å²) in [6, 6.07) is 15.4. The van der Waals surface area contributed by atoms with Gasteiger partial charge in [-0.3, -0.25) is 4.79 Å². The van der Waals surface area contributed by atoms with Crippen LogP contribution >= 0.6 is 0 Å². The van der Waals surface area contributed by atoms with E-state index in [4.69, 9.17) is 0 Å². The number of carbonyl (C=O) groups excluding carboxylic acids is 1. The van der Waals surface area contributed by atoms with E-state index in [2.05, 4.69) is 5.32 Å². The van der Waals surface area contributed by atoms with Crippen LogP contribution < -0.4 is 5.32 Å². The number of carbonyl (C=O) groups is 1. The van der Waals surface area contributed by atoms with Crippen molar-refractivity contribution >= 4 is 21.4 Å². The number of sulfone groups is 1. The molecule has 1 N–H and O–H groups in total. The van der Waals surface area contributed by atoms with Crippen molar-refractivity contribution < 1.29 is 13.2 Å². The first-order chi connectivity index (χ1) is 11.1. The maximum Gasteiger partial charge on any atom is 0.255 e. The molecule has 0 heterocycles. The number of hydrogen-bond donors (Lipinski definition) is 1. The lowest BCUT2D eigenvalue weighted by Crippen LogP contribution is -2.18. The van der Waals surface area contributed by atoms with Crippen LogP contribution in [0.15, 0.2) is 59.5 Å². The van der Waals surface area contributed by atoms with Gasteiger partial charge in [-0.05, 0) is 43.2 Å². The average molecular weight is 329 g/mol. The first-order valence-electron chi connectivity index (χ1n) is 7.78. The highest BCUT2D eigenvalue weighted by atomic mass is 32.2. The SMILES string of the molecule is O=C(Nc1cccc(S(=O)(=O)C2CCCC2)c1)c1ccccc1. The van der Waals surface area contributed by atoms with Crippen LogP contribution in [0.5, 0.6) is 0 Å². The predicted molar refractivity (Wildman–Crippen MR) is 90.3 cm³/mol. The second-order valence-corrected chi connectivity index (χ2v) is 8.03. The molecule has 2 aromatic rings. The van der Waals surface area contributed by atoms with Gasteiger partial charge in [-0.15, -0.1) is 0 Å². The van der Waals surface area contributed by atoms with Crippen LogP contribution in [0.3, 0.4) is 0 Å². The Morgan fingerprint density at radius 2 is 1.65 bits per heavy atom. The molecule has 0 aromatic heterocycles. The molecule has 1 fully saturated rings. The molecule has 0 aliphatic heterocycles. The van der Waals surface area contributed by atoms with E-state index in [9.17, 15) is 13.2 Å². The topological polar surface area (TPSA) is 63.2 Å². The highest BCUT2D eigenvalue weighted by Gasteiger charge is 2.30. The zero-order valence-corrected chi connectivity index (χ0v) is 13.6. The summed E-state index contributed by atoms with van der Waals surface area (Å²) in [5, 5.41) is 2.47. The molecule has 120 valence electrons. The maximum absolute atomic E-state index is 12.6. The lowest BCUT2D eigenvalue weighted by molar-refractivity contribution is 0.102. The largest absolute Gasteiger partial charge is 0.322 e. The number of rotatable bonds is 4. The predicted octanol–water partition coefficient (Wildman–Crippen LogP) is 3.66. The quantitative estimate of drug-likeness (QED) is 0.931. The van der Waals surface area contributed by atoms with Crippen molar-refractivity contribution in [1.29, 1.82) is 0 Å². The van der Waals surface area contributed by atoms with Crippen molar-refractivity contribution in [3.05, 3.63) is 60.2 Å². The van der Waals surface area contributed by atoms with Crippen LogP contribution in [0.4, 0.5) is 5.69 Å². The molecule has 0 atom stereocenters. The van der Waals surface area contributed by atoms with Crippen LogP contribution in [0.1, 0.15) is 36.0 Å². The van der Waals surface area contributed by atoms with Gasteiger partial charge < -0.3 is 5.32 Å². The minimum atomic E-state index is -3.31. The van der Waals surface area contributed by atoms with Gasteiger partial charge in [0.2, 0.25) is 0 Å². The Morgan fingerprint density at radius 1 is 0.957 bits per heavy atom. The van der Waals surface area contributed by atoms with Gasteiger partial charge in [-0.25, -0.2) is 8.42 Å². The third-order valence-electron chi connectivity index (χ3n) is 4.20. The molecule has 1 saturated carbocycles. The third kappa shape index (κ3) is 3.45. The van der Waals surface area contributed by atoms with Gasteiger partial charge in [0.1, 0.15) is 0 Å². The summed E-state index contributed by atoms with van der Waals surface area (Å²) in [6.07, 6.45) is 3.38. The van der Waals surface area contributed by atoms with Gasteiger partial charge in [-0.1, -0.05) is 37.1 Å². The summed E-state index contributed by atoms with van der Waals surface area (Å²) in [7, 11) is -3.31. The summed E-state index contributed by atoms with van der Waals surface area (Å²) in [6.45, 7) is 0. The van der Waals surface area contributed by atoms with Crippen LogP contribution in [0, 0.1) is 0 Å². The molecule has 0 unspecified atom stereocenters. The Labute approximate surface area is 136 Å². The van der Waals surface area contributed by atoms with Crippen molar-refractivity contribution in [2.45, 2.75) is 35.8 Å². The summed E-state index contributed by atoms with van der Waals surface area (Å²) in [4.78, 5) is 12.5.